The van der Waals surface area contributed by atoms with Crippen molar-refractivity contribution in [2.24, 2.45) is 0 Å². The van der Waals surface area contributed by atoms with Gasteiger partial charge in [-0.1, -0.05) is 0 Å². The molecule has 0 aromatic carbocycles. The zero-order chi connectivity index (χ0) is 12.0. The Morgan fingerprint density at radius 1 is 1.33 bits per heavy atom. The van der Waals surface area contributed by atoms with E-state index in [1.165, 1.54) is 12.0 Å². The van der Waals surface area contributed by atoms with E-state index < -0.39 is 11.9 Å². The molecular weight excluding hydrogens is 196 g/mol. The van der Waals surface area contributed by atoms with Crippen molar-refractivity contribution in [3.05, 3.63) is 0 Å². The van der Waals surface area contributed by atoms with E-state index in [-0.39, 0.29) is 6.04 Å². The Hall–Kier alpha value is -1.10. The first-order chi connectivity index (χ1) is 6.93. The zero-order valence-electron chi connectivity index (χ0n) is 10.1. The summed E-state index contributed by atoms with van der Waals surface area (Å²) >= 11 is 0. The second-order valence-corrected chi connectivity index (χ2v) is 3.69. The van der Waals surface area contributed by atoms with Crippen molar-refractivity contribution in [3.8, 4) is 0 Å². The van der Waals surface area contributed by atoms with Gasteiger partial charge >= 0.3 is 11.9 Å². The minimum Gasteiger partial charge on any atom is -0.462 e. The van der Waals surface area contributed by atoms with Crippen LogP contribution in [0.4, 0.5) is 0 Å². The second kappa shape index (κ2) is 6.40. The Morgan fingerprint density at radius 2 is 1.87 bits per heavy atom. The fourth-order valence-electron chi connectivity index (χ4n) is 1.49. The van der Waals surface area contributed by atoms with Gasteiger partial charge in [0.2, 0.25) is 0 Å². The summed E-state index contributed by atoms with van der Waals surface area (Å²) in [5.41, 5.74) is 0. The number of amides is 1. The average Bonchev–Trinajstić information content (AvgIpc) is 2.16. The lowest BCUT2D eigenvalue weighted by molar-refractivity contribution is -0.159. The molecule has 0 radical (unpaired) electrons. The Balaban J connectivity index is 4.47. The molecule has 0 fully saturated rings. The van der Waals surface area contributed by atoms with Gasteiger partial charge in [-0.15, -0.1) is 0 Å². The van der Waals surface area contributed by atoms with Gasteiger partial charge in [-0.25, -0.2) is 4.79 Å². The fraction of sp³-hybridized carbons (Fsp3) is 0.800. The lowest BCUT2D eigenvalue weighted by atomic mass is 10.2. The Labute approximate surface area is 91.0 Å². The first-order valence-corrected chi connectivity index (χ1v) is 4.97. The van der Waals surface area contributed by atoms with E-state index in [0.29, 0.717) is 6.54 Å². The average molecular weight is 216 g/mol. The van der Waals surface area contributed by atoms with Gasteiger partial charge in [0.05, 0.1) is 7.11 Å². The summed E-state index contributed by atoms with van der Waals surface area (Å²) in [4.78, 5) is 26.1. The summed E-state index contributed by atoms with van der Waals surface area (Å²) in [5.74, 6) is -1.38. The normalized spacial score (nSPS) is 12.4. The van der Waals surface area contributed by atoms with Crippen molar-refractivity contribution in [3.63, 3.8) is 0 Å². The van der Waals surface area contributed by atoms with Crippen molar-refractivity contribution in [1.29, 1.82) is 0 Å². The highest BCUT2D eigenvalue weighted by Crippen LogP contribution is 2.01. The van der Waals surface area contributed by atoms with Crippen LogP contribution in [0.3, 0.4) is 0 Å². The summed E-state index contributed by atoms with van der Waals surface area (Å²) in [6.45, 7) is 4.97. The molecule has 0 aromatic heterocycles. The fourth-order valence-corrected chi connectivity index (χ4v) is 1.49. The van der Waals surface area contributed by atoms with Crippen molar-refractivity contribution in [2.75, 3.05) is 34.3 Å². The van der Waals surface area contributed by atoms with Gasteiger partial charge in [-0.3, -0.25) is 4.79 Å². The standard InChI is InChI=1S/C10H20N2O3/c1-6-12(8(2)7-11(3)4)9(13)10(14)15-5/h8H,6-7H2,1-5H3. The molecule has 0 aliphatic rings. The molecular formula is C10H20N2O3. The predicted molar refractivity (Wildman–Crippen MR) is 57.4 cm³/mol. The van der Waals surface area contributed by atoms with E-state index in [1.54, 1.807) is 0 Å². The second-order valence-electron chi connectivity index (χ2n) is 3.69. The van der Waals surface area contributed by atoms with Crippen molar-refractivity contribution >= 4 is 11.9 Å². The summed E-state index contributed by atoms with van der Waals surface area (Å²) in [5, 5.41) is 0. The number of likely N-dealkylation sites (N-methyl/N-ethyl adjacent to an activating group) is 2. The van der Waals surface area contributed by atoms with Gasteiger partial charge in [-0.2, -0.15) is 0 Å². The summed E-state index contributed by atoms with van der Waals surface area (Å²) in [6, 6.07) is -0.00315. The smallest absolute Gasteiger partial charge is 0.396 e. The maximum atomic E-state index is 11.6. The third kappa shape index (κ3) is 4.29. The Bertz CT molecular complexity index is 229. The van der Waals surface area contributed by atoms with Crippen LogP contribution < -0.4 is 0 Å². The highest BCUT2D eigenvalue weighted by Gasteiger charge is 2.25. The number of esters is 1. The lowest BCUT2D eigenvalue weighted by Gasteiger charge is -2.28. The van der Waals surface area contributed by atoms with Crippen LogP contribution in [0.1, 0.15) is 13.8 Å². The maximum Gasteiger partial charge on any atom is 0.396 e. The maximum absolute atomic E-state index is 11.6. The molecule has 0 saturated heterocycles. The van der Waals surface area contributed by atoms with Gasteiger partial charge in [0, 0.05) is 19.1 Å². The van der Waals surface area contributed by atoms with Crippen molar-refractivity contribution < 1.29 is 14.3 Å². The number of carbonyl (C=O) groups is 2. The third-order valence-corrected chi connectivity index (χ3v) is 2.12. The molecule has 5 nitrogen and oxygen atoms in total. The highest BCUT2D eigenvalue weighted by molar-refractivity contribution is 6.32. The summed E-state index contributed by atoms with van der Waals surface area (Å²) < 4.78 is 4.41. The number of methoxy groups -OCH3 is 1. The van der Waals surface area contributed by atoms with Gasteiger partial charge in [0.25, 0.3) is 0 Å². The van der Waals surface area contributed by atoms with Crippen LogP contribution >= 0.6 is 0 Å². The molecule has 0 aliphatic heterocycles. The molecule has 0 rings (SSSR count). The largest absolute Gasteiger partial charge is 0.462 e. The molecule has 1 unspecified atom stereocenters. The SMILES string of the molecule is CCN(C(=O)C(=O)OC)C(C)CN(C)C. The van der Waals surface area contributed by atoms with Crippen LogP contribution in [0.15, 0.2) is 0 Å². The van der Waals surface area contributed by atoms with E-state index in [1.807, 2.05) is 32.8 Å². The van der Waals surface area contributed by atoms with Gasteiger partial charge < -0.3 is 14.5 Å². The molecule has 5 heteroatoms. The van der Waals surface area contributed by atoms with Gasteiger partial charge in [-0.05, 0) is 27.9 Å². The highest BCUT2D eigenvalue weighted by atomic mass is 16.5. The molecule has 0 saturated carbocycles. The number of nitrogens with zero attached hydrogens (tertiary/aromatic N) is 2. The first-order valence-electron chi connectivity index (χ1n) is 4.97. The molecule has 0 bridgehead atoms. The van der Waals surface area contributed by atoms with E-state index >= 15 is 0 Å². The van der Waals surface area contributed by atoms with Crippen molar-refractivity contribution in [1.82, 2.24) is 9.80 Å². The Morgan fingerprint density at radius 3 is 2.20 bits per heavy atom. The van der Waals surface area contributed by atoms with Gasteiger partial charge in [0.15, 0.2) is 0 Å². The summed E-state index contributed by atoms with van der Waals surface area (Å²) in [6.07, 6.45) is 0. The molecule has 0 aliphatic carbocycles. The third-order valence-electron chi connectivity index (χ3n) is 2.12. The minimum absolute atomic E-state index is 0.00315. The van der Waals surface area contributed by atoms with Crippen LogP contribution in [0, 0.1) is 0 Å². The van der Waals surface area contributed by atoms with Crippen molar-refractivity contribution in [2.45, 2.75) is 19.9 Å². The topological polar surface area (TPSA) is 49.9 Å². The van der Waals surface area contributed by atoms with Crippen LogP contribution in [0.2, 0.25) is 0 Å². The monoisotopic (exact) mass is 216 g/mol. The molecule has 0 heterocycles. The number of rotatable bonds is 4. The molecule has 88 valence electrons. The zero-order valence-corrected chi connectivity index (χ0v) is 10.1. The number of hydrogen-bond donors (Lipinski definition) is 0. The van der Waals surface area contributed by atoms with E-state index in [4.69, 9.17) is 0 Å². The first kappa shape index (κ1) is 13.9. The Kier molecular flexibility index (Phi) is 5.93. The predicted octanol–water partition coefficient (Wildman–Crippen LogP) is -0.0420. The molecule has 0 spiro atoms. The number of carbonyl (C=O) groups excluding carboxylic acids is 2. The number of ether oxygens (including phenoxy) is 1. The summed E-state index contributed by atoms with van der Waals surface area (Å²) in [7, 11) is 5.06. The van der Waals surface area contributed by atoms with E-state index in [0.717, 1.165) is 6.54 Å². The number of hydrogen-bond acceptors (Lipinski definition) is 4. The van der Waals surface area contributed by atoms with Crippen LogP contribution in [-0.2, 0) is 14.3 Å². The van der Waals surface area contributed by atoms with E-state index in [9.17, 15) is 9.59 Å². The van der Waals surface area contributed by atoms with Crippen LogP contribution in [-0.4, -0.2) is 62.0 Å². The molecule has 1 amide bonds. The van der Waals surface area contributed by atoms with E-state index in [2.05, 4.69) is 4.74 Å². The molecule has 0 aromatic rings. The molecule has 1 atom stereocenters. The quantitative estimate of drug-likeness (QED) is 0.488. The molecule has 0 N–H and O–H groups in total. The molecule has 15 heavy (non-hydrogen) atoms. The van der Waals surface area contributed by atoms with Gasteiger partial charge in [0.1, 0.15) is 0 Å². The lowest BCUT2D eigenvalue weighted by Crippen LogP contribution is -2.46. The van der Waals surface area contributed by atoms with Crippen LogP contribution in [0.5, 0.6) is 0 Å². The minimum atomic E-state index is -0.803. The van der Waals surface area contributed by atoms with Crippen LogP contribution in [0.25, 0.3) is 0 Å².